The minimum atomic E-state index is -0.400. The van der Waals surface area contributed by atoms with Crippen LogP contribution in [-0.2, 0) is 11.2 Å². The van der Waals surface area contributed by atoms with E-state index in [1.807, 2.05) is 73.1 Å². The van der Waals surface area contributed by atoms with Crippen LogP contribution in [0.5, 0.6) is 5.75 Å². The van der Waals surface area contributed by atoms with E-state index in [1.54, 1.807) is 0 Å². The topological polar surface area (TPSA) is 69.6 Å². The number of benzene rings is 1. The molecule has 2 N–H and O–H groups in total. The summed E-state index contributed by atoms with van der Waals surface area (Å²) in [7, 11) is 0. The number of aromatic nitrogens is 2. The number of carbonyl (C=O) groups is 1. The number of amides is 1. The lowest BCUT2D eigenvalue weighted by atomic mass is 10.1. The molecule has 0 unspecified atom stereocenters. The molecule has 0 aliphatic rings. The second-order valence-electron chi connectivity index (χ2n) is 6.85. The highest BCUT2D eigenvalue weighted by molar-refractivity contribution is 7.15. The van der Waals surface area contributed by atoms with Crippen molar-refractivity contribution in [1.82, 2.24) is 9.38 Å². The smallest absolute Gasteiger partial charge is 0.222 e. The van der Waals surface area contributed by atoms with E-state index in [9.17, 15) is 4.79 Å². The Balaban J connectivity index is 1.74. The molecule has 0 spiro atoms. The summed E-state index contributed by atoms with van der Waals surface area (Å²) < 4.78 is 8.25. The Labute approximate surface area is 177 Å². The van der Waals surface area contributed by atoms with Crippen molar-refractivity contribution in [1.29, 1.82) is 0 Å². The zero-order valence-corrected chi connectivity index (χ0v) is 17.6. The van der Waals surface area contributed by atoms with Crippen molar-refractivity contribution in [3.05, 3.63) is 75.9 Å². The SMILES string of the molecule is Cc1cccn2c(-c3cc(O[C@H](C)c4ccccc4Cl)c(CC(N)=O)s3)cnc12. The summed E-state index contributed by atoms with van der Waals surface area (Å²) in [6, 6.07) is 13.5. The molecule has 0 aliphatic heterocycles. The number of nitrogens with two attached hydrogens (primary N) is 1. The summed E-state index contributed by atoms with van der Waals surface area (Å²) in [6.07, 6.45) is 3.65. The molecule has 1 atom stereocenters. The Bertz CT molecular complexity index is 1200. The van der Waals surface area contributed by atoms with E-state index in [0.29, 0.717) is 10.8 Å². The van der Waals surface area contributed by atoms with Gasteiger partial charge in [-0.15, -0.1) is 11.3 Å². The van der Waals surface area contributed by atoms with Gasteiger partial charge in [-0.3, -0.25) is 9.20 Å². The van der Waals surface area contributed by atoms with Gasteiger partial charge in [-0.05, 0) is 31.5 Å². The number of thiophene rings is 1. The number of primary amides is 1. The fraction of sp³-hybridized carbons (Fsp3) is 0.182. The Morgan fingerprint density at radius 3 is 2.86 bits per heavy atom. The van der Waals surface area contributed by atoms with E-state index in [-0.39, 0.29) is 12.5 Å². The van der Waals surface area contributed by atoms with Gasteiger partial charge in [0, 0.05) is 22.8 Å². The maximum absolute atomic E-state index is 11.6. The molecule has 3 aromatic heterocycles. The van der Waals surface area contributed by atoms with Crippen LogP contribution >= 0.6 is 22.9 Å². The van der Waals surface area contributed by atoms with Crippen LogP contribution in [-0.4, -0.2) is 15.3 Å². The number of carbonyl (C=O) groups excluding carboxylic acids is 1. The first-order valence-electron chi connectivity index (χ1n) is 9.19. The molecular weight excluding hydrogens is 406 g/mol. The number of hydrogen-bond donors (Lipinski definition) is 1. The van der Waals surface area contributed by atoms with Crippen molar-refractivity contribution in [3.63, 3.8) is 0 Å². The number of rotatable bonds is 6. The van der Waals surface area contributed by atoms with Gasteiger partial charge < -0.3 is 10.5 Å². The molecule has 1 aromatic carbocycles. The highest BCUT2D eigenvalue weighted by Crippen LogP contribution is 2.39. The van der Waals surface area contributed by atoms with Crippen LogP contribution in [0.25, 0.3) is 16.2 Å². The van der Waals surface area contributed by atoms with Gasteiger partial charge in [-0.1, -0.05) is 35.9 Å². The van der Waals surface area contributed by atoms with E-state index in [4.69, 9.17) is 22.1 Å². The number of nitrogens with zero attached hydrogens (tertiary/aromatic N) is 2. The lowest BCUT2D eigenvalue weighted by molar-refractivity contribution is -0.117. The summed E-state index contributed by atoms with van der Waals surface area (Å²) in [4.78, 5) is 17.9. The van der Waals surface area contributed by atoms with Crippen LogP contribution in [0.3, 0.4) is 0 Å². The van der Waals surface area contributed by atoms with Gasteiger partial charge in [0.15, 0.2) is 0 Å². The van der Waals surface area contributed by atoms with Crippen molar-refractivity contribution >= 4 is 34.5 Å². The third-order valence-corrected chi connectivity index (χ3v) is 6.22. The van der Waals surface area contributed by atoms with Crippen molar-refractivity contribution in [3.8, 4) is 16.3 Å². The maximum Gasteiger partial charge on any atom is 0.222 e. The molecule has 5 nitrogen and oxygen atoms in total. The average Bonchev–Trinajstić information content (AvgIpc) is 3.27. The number of imidazole rings is 1. The summed E-state index contributed by atoms with van der Waals surface area (Å²) in [6.45, 7) is 3.96. The first-order chi connectivity index (χ1) is 13.9. The number of pyridine rings is 1. The molecule has 4 rings (SSSR count). The molecule has 0 bridgehead atoms. The predicted octanol–water partition coefficient (Wildman–Crippen LogP) is 5.19. The highest BCUT2D eigenvalue weighted by atomic mass is 35.5. The average molecular weight is 426 g/mol. The van der Waals surface area contributed by atoms with Gasteiger partial charge in [-0.25, -0.2) is 4.98 Å². The van der Waals surface area contributed by atoms with Gasteiger partial charge >= 0.3 is 0 Å². The van der Waals surface area contributed by atoms with Crippen LogP contribution in [0.15, 0.2) is 54.9 Å². The molecule has 7 heteroatoms. The van der Waals surface area contributed by atoms with Crippen LogP contribution in [0.2, 0.25) is 5.02 Å². The normalized spacial score (nSPS) is 12.2. The third-order valence-electron chi connectivity index (χ3n) is 4.74. The molecule has 0 saturated heterocycles. The molecule has 29 heavy (non-hydrogen) atoms. The van der Waals surface area contributed by atoms with Crippen LogP contribution in [0.1, 0.15) is 29.0 Å². The Morgan fingerprint density at radius 2 is 2.10 bits per heavy atom. The van der Waals surface area contributed by atoms with Gasteiger partial charge in [0.1, 0.15) is 17.5 Å². The quantitative estimate of drug-likeness (QED) is 0.462. The largest absolute Gasteiger partial charge is 0.485 e. The minimum Gasteiger partial charge on any atom is -0.485 e. The van der Waals surface area contributed by atoms with Crippen molar-refractivity contribution in [2.24, 2.45) is 5.73 Å². The van der Waals surface area contributed by atoms with Crippen LogP contribution in [0.4, 0.5) is 0 Å². The molecule has 0 radical (unpaired) electrons. The van der Waals surface area contributed by atoms with Crippen LogP contribution in [0, 0.1) is 6.92 Å². The van der Waals surface area contributed by atoms with E-state index < -0.39 is 5.91 Å². The van der Waals surface area contributed by atoms with Crippen LogP contribution < -0.4 is 10.5 Å². The van der Waals surface area contributed by atoms with Gasteiger partial charge in [0.05, 0.1) is 28.1 Å². The minimum absolute atomic E-state index is 0.116. The highest BCUT2D eigenvalue weighted by Gasteiger charge is 2.20. The molecule has 4 aromatic rings. The molecule has 0 saturated carbocycles. The second kappa shape index (κ2) is 7.89. The van der Waals surface area contributed by atoms with Gasteiger partial charge in [0.25, 0.3) is 0 Å². The Morgan fingerprint density at radius 1 is 1.31 bits per heavy atom. The fourth-order valence-electron chi connectivity index (χ4n) is 3.31. The summed E-state index contributed by atoms with van der Waals surface area (Å²) in [5, 5.41) is 0.643. The first kappa shape index (κ1) is 19.5. The molecule has 0 fully saturated rings. The molecule has 0 aliphatic carbocycles. The zero-order valence-electron chi connectivity index (χ0n) is 16.1. The number of aryl methyl sites for hydroxylation is 1. The number of fused-ring (bicyclic) bond motifs is 1. The molecule has 148 valence electrons. The van der Waals surface area contributed by atoms with Crippen molar-refractivity contribution in [2.45, 2.75) is 26.4 Å². The summed E-state index contributed by atoms with van der Waals surface area (Å²) in [5.41, 5.74) is 9.30. The van der Waals surface area contributed by atoms with E-state index >= 15 is 0 Å². The second-order valence-corrected chi connectivity index (χ2v) is 8.39. The first-order valence-corrected chi connectivity index (χ1v) is 10.4. The third kappa shape index (κ3) is 3.86. The van der Waals surface area contributed by atoms with E-state index in [0.717, 1.165) is 32.2 Å². The number of halogens is 1. The monoisotopic (exact) mass is 425 g/mol. The lowest BCUT2D eigenvalue weighted by Crippen LogP contribution is -2.13. The number of hydrogen-bond acceptors (Lipinski definition) is 4. The molecular formula is C22H20ClN3O2S. The van der Waals surface area contributed by atoms with Gasteiger partial charge in [0.2, 0.25) is 5.91 Å². The van der Waals surface area contributed by atoms with E-state index in [2.05, 4.69) is 4.98 Å². The predicted molar refractivity (Wildman–Crippen MR) is 117 cm³/mol. The number of ether oxygens (including phenoxy) is 1. The molecule has 1 amide bonds. The van der Waals surface area contributed by atoms with Gasteiger partial charge in [-0.2, -0.15) is 0 Å². The zero-order chi connectivity index (χ0) is 20.5. The molecule has 3 heterocycles. The maximum atomic E-state index is 11.6. The van der Waals surface area contributed by atoms with Crippen molar-refractivity contribution in [2.75, 3.05) is 0 Å². The lowest BCUT2D eigenvalue weighted by Gasteiger charge is -2.16. The van der Waals surface area contributed by atoms with Crippen molar-refractivity contribution < 1.29 is 9.53 Å². The standard InChI is InChI=1S/C22H20ClN3O2S/c1-13-6-5-9-26-17(12-25-22(13)26)19-10-18(20(29-19)11-21(24)27)28-14(2)15-7-3-4-8-16(15)23/h3-10,12,14H,11H2,1-2H3,(H2,24,27)/t14-/m1/s1. The Kier molecular flexibility index (Phi) is 5.30. The summed E-state index contributed by atoms with van der Waals surface area (Å²) >= 11 is 7.80. The Hall–Kier alpha value is -2.83. The van der Waals surface area contributed by atoms with E-state index in [1.165, 1.54) is 11.3 Å². The summed E-state index contributed by atoms with van der Waals surface area (Å²) in [5.74, 6) is 0.237. The fourth-order valence-corrected chi connectivity index (χ4v) is 4.71.